The molecule has 0 radical (unpaired) electrons. The number of hydrogen-bond acceptors (Lipinski definition) is 9. The van der Waals surface area contributed by atoms with E-state index in [1.165, 1.54) is 0 Å². The van der Waals surface area contributed by atoms with E-state index < -0.39 is 52.4 Å². The van der Waals surface area contributed by atoms with Crippen molar-refractivity contribution in [2.45, 2.75) is 5.92 Å². The minimum Gasteiger partial charge on any atom is -0.494 e. The number of carboxylic acid groups (broad SMARTS) is 1. The Bertz CT molecular complexity index is 1310. The number of halogens is 1. The maximum absolute atomic E-state index is 14.7. The zero-order chi connectivity index (χ0) is 25.9. The molecule has 1 unspecified atom stereocenters. The number of allylic oxidation sites excluding steroid dienone is 1. The van der Waals surface area contributed by atoms with Gasteiger partial charge < -0.3 is 25.1 Å². The van der Waals surface area contributed by atoms with Crippen molar-refractivity contribution < 1.29 is 38.1 Å². The first-order valence-electron chi connectivity index (χ1n) is 9.98. The number of carbonyl (C=O) groups is 3. The van der Waals surface area contributed by atoms with Crippen molar-refractivity contribution in [3.05, 3.63) is 82.1 Å². The highest BCUT2D eigenvalue weighted by Gasteiger charge is 2.44. The Morgan fingerprint density at radius 1 is 1.09 bits per heavy atom. The molecule has 0 saturated carbocycles. The molecule has 0 saturated heterocycles. The number of hydrogen-bond donors (Lipinski definition) is 2. The van der Waals surface area contributed by atoms with E-state index in [4.69, 9.17) is 19.9 Å². The molecular formula is C24H20FN3O7. The van der Waals surface area contributed by atoms with Crippen LogP contribution in [0.1, 0.15) is 21.8 Å². The van der Waals surface area contributed by atoms with E-state index in [1.807, 2.05) is 6.07 Å². The summed E-state index contributed by atoms with van der Waals surface area (Å²) in [5.41, 5.74) is 4.71. The van der Waals surface area contributed by atoms with E-state index in [9.17, 15) is 29.1 Å². The number of nitrogens with zero attached hydrogens (tertiary/aromatic N) is 2. The van der Waals surface area contributed by atoms with Gasteiger partial charge in [-0.25, -0.2) is 18.8 Å². The number of nitriles is 1. The van der Waals surface area contributed by atoms with Gasteiger partial charge in [-0.1, -0.05) is 30.3 Å². The largest absolute Gasteiger partial charge is 0.494 e. The number of ether oxygens (including phenoxy) is 3. The first-order chi connectivity index (χ1) is 16.7. The number of methoxy groups -OCH3 is 3. The van der Waals surface area contributed by atoms with Gasteiger partial charge in [0.25, 0.3) is 0 Å². The van der Waals surface area contributed by atoms with Gasteiger partial charge in [-0.2, -0.15) is 5.26 Å². The molecule has 0 aromatic heterocycles. The summed E-state index contributed by atoms with van der Waals surface area (Å²) < 4.78 is 29.4. The first kappa shape index (κ1) is 24.8. The van der Waals surface area contributed by atoms with Gasteiger partial charge in [-0.3, -0.25) is 4.90 Å². The van der Waals surface area contributed by atoms with E-state index in [1.54, 1.807) is 30.3 Å². The van der Waals surface area contributed by atoms with Crippen LogP contribution in [0, 0.1) is 17.1 Å². The summed E-state index contributed by atoms with van der Waals surface area (Å²) >= 11 is 0. The fourth-order valence-corrected chi connectivity index (χ4v) is 3.82. The Morgan fingerprint density at radius 2 is 1.71 bits per heavy atom. The third kappa shape index (κ3) is 4.24. The number of aromatic carboxylic acids is 1. The van der Waals surface area contributed by atoms with Crippen LogP contribution in [0.5, 0.6) is 5.75 Å². The lowest BCUT2D eigenvalue weighted by Gasteiger charge is -2.36. The Hall–Kier alpha value is -4.85. The SMILES string of the molecule is COC(=O)C1=C(C(=O)OC)N(c2cc(F)c(OC)cc2C(=O)O)C(N)=C(C#N)C1c1ccccc1. The summed E-state index contributed by atoms with van der Waals surface area (Å²) in [4.78, 5) is 38.9. The summed E-state index contributed by atoms with van der Waals surface area (Å²) in [5, 5.41) is 19.8. The molecule has 1 aliphatic heterocycles. The van der Waals surface area contributed by atoms with E-state index in [0.717, 1.165) is 38.4 Å². The monoisotopic (exact) mass is 481 g/mol. The molecule has 3 N–H and O–H groups in total. The number of carbonyl (C=O) groups excluding carboxylic acids is 2. The van der Waals surface area contributed by atoms with Crippen molar-refractivity contribution in [2.75, 3.05) is 26.2 Å². The highest BCUT2D eigenvalue weighted by molar-refractivity contribution is 6.08. The van der Waals surface area contributed by atoms with Crippen molar-refractivity contribution in [3.8, 4) is 11.8 Å². The van der Waals surface area contributed by atoms with Crippen LogP contribution in [0.15, 0.2) is 65.1 Å². The van der Waals surface area contributed by atoms with E-state index in [0.29, 0.717) is 5.56 Å². The standard InChI is InChI=1S/C24H20FN3O7/c1-33-17-9-13(22(29)30)16(10-15(17)25)28-20(24(32)35-3)19(23(31)34-2)18(14(11-26)21(28)27)12-7-5-4-6-8-12/h4-10,18H,27H2,1-3H3,(H,29,30). The van der Waals surface area contributed by atoms with Crippen LogP contribution in [-0.2, 0) is 19.1 Å². The van der Waals surface area contributed by atoms with Gasteiger partial charge in [0, 0.05) is 6.07 Å². The van der Waals surface area contributed by atoms with Crippen LogP contribution in [0.2, 0.25) is 0 Å². The van der Waals surface area contributed by atoms with Crippen LogP contribution in [0.25, 0.3) is 0 Å². The number of carboxylic acids is 1. The molecule has 0 bridgehead atoms. The molecule has 0 fully saturated rings. The van der Waals surface area contributed by atoms with Crippen molar-refractivity contribution >= 4 is 23.6 Å². The van der Waals surface area contributed by atoms with Crippen LogP contribution >= 0.6 is 0 Å². The number of nitrogens with two attached hydrogens (primary N) is 1. The second-order valence-electron chi connectivity index (χ2n) is 7.14. The van der Waals surface area contributed by atoms with Gasteiger partial charge in [0.1, 0.15) is 11.5 Å². The molecule has 1 atom stereocenters. The average molecular weight is 481 g/mol. The van der Waals surface area contributed by atoms with Gasteiger partial charge in [0.05, 0.1) is 55.7 Å². The number of benzene rings is 2. The average Bonchev–Trinajstić information content (AvgIpc) is 2.87. The molecule has 3 rings (SSSR count). The molecule has 2 aromatic carbocycles. The maximum Gasteiger partial charge on any atom is 0.355 e. The number of esters is 2. The van der Waals surface area contributed by atoms with Gasteiger partial charge in [-0.15, -0.1) is 0 Å². The highest BCUT2D eigenvalue weighted by atomic mass is 19.1. The third-order valence-corrected chi connectivity index (χ3v) is 5.35. The zero-order valence-electron chi connectivity index (χ0n) is 18.9. The summed E-state index contributed by atoms with van der Waals surface area (Å²) in [6.45, 7) is 0. The molecule has 10 nitrogen and oxygen atoms in total. The van der Waals surface area contributed by atoms with Crippen LogP contribution in [0.3, 0.4) is 0 Å². The van der Waals surface area contributed by atoms with Gasteiger partial charge in [0.2, 0.25) is 0 Å². The van der Waals surface area contributed by atoms with E-state index in [-0.39, 0.29) is 16.9 Å². The molecule has 0 aliphatic carbocycles. The summed E-state index contributed by atoms with van der Waals surface area (Å²) in [5.74, 6) is -6.54. The molecule has 0 spiro atoms. The van der Waals surface area contributed by atoms with Crippen molar-refractivity contribution in [2.24, 2.45) is 5.73 Å². The van der Waals surface area contributed by atoms with Gasteiger partial charge in [-0.05, 0) is 11.6 Å². The minimum atomic E-state index is -1.52. The molecule has 2 aromatic rings. The van der Waals surface area contributed by atoms with Gasteiger partial charge in [0.15, 0.2) is 11.6 Å². The summed E-state index contributed by atoms with van der Waals surface area (Å²) in [6.07, 6.45) is 0. The lowest BCUT2D eigenvalue weighted by Crippen LogP contribution is -2.41. The third-order valence-electron chi connectivity index (χ3n) is 5.35. The quantitative estimate of drug-likeness (QED) is 0.588. The highest BCUT2D eigenvalue weighted by Crippen LogP contribution is 2.44. The Balaban J connectivity index is 2.50. The van der Waals surface area contributed by atoms with Crippen molar-refractivity contribution in [1.29, 1.82) is 5.26 Å². The van der Waals surface area contributed by atoms with Gasteiger partial charge >= 0.3 is 17.9 Å². The predicted octanol–water partition coefficient (Wildman–Crippen LogP) is 2.43. The lowest BCUT2D eigenvalue weighted by atomic mass is 9.80. The second-order valence-corrected chi connectivity index (χ2v) is 7.14. The molecule has 11 heteroatoms. The van der Waals surface area contributed by atoms with E-state index >= 15 is 0 Å². The first-order valence-corrected chi connectivity index (χ1v) is 9.98. The topological polar surface area (TPSA) is 152 Å². The fourth-order valence-electron chi connectivity index (χ4n) is 3.82. The zero-order valence-corrected chi connectivity index (χ0v) is 18.9. The van der Waals surface area contributed by atoms with E-state index in [2.05, 4.69) is 0 Å². The molecule has 180 valence electrons. The molecular weight excluding hydrogens is 461 g/mol. The van der Waals surface area contributed by atoms with Crippen LogP contribution < -0.4 is 15.4 Å². The lowest BCUT2D eigenvalue weighted by molar-refractivity contribution is -0.139. The smallest absolute Gasteiger partial charge is 0.355 e. The Kier molecular flexibility index (Phi) is 7.06. The van der Waals surface area contributed by atoms with Crippen molar-refractivity contribution in [1.82, 2.24) is 0 Å². The van der Waals surface area contributed by atoms with Crippen LogP contribution in [-0.4, -0.2) is 44.3 Å². The Morgan fingerprint density at radius 3 is 2.23 bits per heavy atom. The Labute approximate surface area is 199 Å². The number of rotatable bonds is 6. The number of anilines is 1. The molecule has 1 aliphatic rings. The normalized spacial score (nSPS) is 15.4. The molecule has 0 amide bonds. The van der Waals surface area contributed by atoms with Crippen LogP contribution in [0.4, 0.5) is 10.1 Å². The summed E-state index contributed by atoms with van der Waals surface area (Å²) in [7, 11) is 3.25. The fraction of sp³-hybridized carbons (Fsp3) is 0.167. The second kappa shape index (κ2) is 9.96. The predicted molar refractivity (Wildman–Crippen MR) is 119 cm³/mol. The minimum absolute atomic E-state index is 0.197. The maximum atomic E-state index is 14.7. The molecule has 35 heavy (non-hydrogen) atoms. The van der Waals surface area contributed by atoms with Crippen molar-refractivity contribution in [3.63, 3.8) is 0 Å². The molecule has 1 heterocycles. The summed E-state index contributed by atoms with van der Waals surface area (Å²) in [6, 6.07) is 11.8.